The van der Waals surface area contributed by atoms with E-state index in [1.165, 1.54) is 26.4 Å². The van der Waals surface area contributed by atoms with Gasteiger partial charge in [-0.3, -0.25) is 19.1 Å². The summed E-state index contributed by atoms with van der Waals surface area (Å²) in [7, 11) is -1.81. The fourth-order valence-corrected chi connectivity index (χ4v) is 6.39. The summed E-state index contributed by atoms with van der Waals surface area (Å²) in [6, 6.07) is 6.23. The number of β-amino-alcohol motifs (C(OH)–C–C–N with tert-alkyl or cyclic N) is 1. The van der Waals surface area contributed by atoms with Gasteiger partial charge in [-0.15, -0.1) is 0 Å². The third-order valence-corrected chi connectivity index (χ3v) is 8.39. The standard InChI is InChI=1S/C14H19NO8P2/c1-20-24(21-2)14(18,25(19,22-3)23-4)9-15-12(16)10-7-5-6-8-11(10)13(15)17/h5-8,18H,9H2,1-4H3. The topological polar surface area (TPSA) is 112 Å². The molecule has 0 bridgehead atoms. The number of aliphatic hydroxyl groups is 1. The molecule has 2 amide bonds. The van der Waals surface area contributed by atoms with E-state index in [4.69, 9.17) is 18.1 Å². The molecule has 1 aromatic carbocycles. The third-order valence-electron chi connectivity index (χ3n) is 3.79. The molecular weight excluding hydrogens is 372 g/mol. The second-order valence-electron chi connectivity index (χ2n) is 5.00. The average Bonchev–Trinajstić information content (AvgIpc) is 2.87. The van der Waals surface area contributed by atoms with Gasteiger partial charge in [0, 0.05) is 28.4 Å². The Morgan fingerprint density at radius 2 is 1.48 bits per heavy atom. The Kier molecular flexibility index (Phi) is 6.12. The lowest BCUT2D eigenvalue weighted by Crippen LogP contribution is -2.45. The summed E-state index contributed by atoms with van der Waals surface area (Å²) in [6.07, 6.45) is 0. The highest BCUT2D eigenvalue weighted by Gasteiger charge is 2.59. The minimum atomic E-state index is -4.20. The van der Waals surface area contributed by atoms with Crippen molar-refractivity contribution in [3.8, 4) is 0 Å². The molecule has 0 radical (unpaired) electrons. The van der Waals surface area contributed by atoms with Crippen LogP contribution in [-0.2, 0) is 22.7 Å². The van der Waals surface area contributed by atoms with Gasteiger partial charge < -0.3 is 23.2 Å². The number of benzene rings is 1. The summed E-state index contributed by atoms with van der Waals surface area (Å²) in [5.41, 5.74) is 0.386. The van der Waals surface area contributed by atoms with Gasteiger partial charge in [0.05, 0.1) is 17.7 Å². The fraction of sp³-hybridized carbons (Fsp3) is 0.429. The van der Waals surface area contributed by atoms with E-state index in [1.54, 1.807) is 12.1 Å². The van der Waals surface area contributed by atoms with Crippen LogP contribution in [0.5, 0.6) is 0 Å². The maximum Gasteiger partial charge on any atom is 0.372 e. The Balaban J connectivity index is 2.47. The number of hydrogen-bond donors (Lipinski definition) is 1. The highest BCUT2D eigenvalue weighted by Crippen LogP contribution is 2.71. The highest BCUT2D eigenvalue weighted by atomic mass is 31.2. The molecule has 138 valence electrons. The molecule has 0 aliphatic carbocycles. The van der Waals surface area contributed by atoms with E-state index in [9.17, 15) is 19.3 Å². The number of rotatable bonds is 8. The Bertz CT molecular complexity index is 680. The summed E-state index contributed by atoms with van der Waals surface area (Å²) in [5.74, 6) is -1.25. The molecule has 0 spiro atoms. The molecule has 1 atom stereocenters. The van der Waals surface area contributed by atoms with Gasteiger partial charge in [0.15, 0.2) is 0 Å². The van der Waals surface area contributed by atoms with Crippen molar-refractivity contribution in [3.05, 3.63) is 35.4 Å². The molecule has 0 aromatic heterocycles. The molecule has 9 nitrogen and oxygen atoms in total. The van der Waals surface area contributed by atoms with Crippen LogP contribution in [0.15, 0.2) is 24.3 Å². The predicted octanol–water partition coefficient (Wildman–Crippen LogP) is 2.02. The summed E-state index contributed by atoms with van der Waals surface area (Å²) in [5, 5.41) is 8.71. The van der Waals surface area contributed by atoms with E-state index in [2.05, 4.69) is 0 Å². The van der Waals surface area contributed by atoms with Crippen LogP contribution in [0.1, 0.15) is 20.7 Å². The van der Waals surface area contributed by atoms with Gasteiger partial charge in [-0.05, 0) is 12.1 Å². The van der Waals surface area contributed by atoms with Crippen molar-refractivity contribution in [3.63, 3.8) is 0 Å². The zero-order valence-corrected chi connectivity index (χ0v) is 16.0. The second-order valence-corrected chi connectivity index (χ2v) is 9.80. The van der Waals surface area contributed by atoms with Crippen LogP contribution < -0.4 is 0 Å². The number of amides is 2. The zero-order valence-electron chi connectivity index (χ0n) is 14.2. The van der Waals surface area contributed by atoms with Gasteiger partial charge in [-0.2, -0.15) is 0 Å². The largest absolute Gasteiger partial charge is 0.372 e. The lowest BCUT2D eigenvalue weighted by Gasteiger charge is -2.38. The van der Waals surface area contributed by atoms with E-state index in [0.29, 0.717) is 0 Å². The van der Waals surface area contributed by atoms with Crippen LogP contribution in [-0.4, -0.2) is 61.9 Å². The molecule has 11 heteroatoms. The number of carbonyl (C=O) groups is 2. The maximum atomic E-state index is 12.9. The van der Waals surface area contributed by atoms with Gasteiger partial charge in [-0.1, -0.05) is 12.1 Å². The normalized spacial score (nSPS) is 17.1. The number of carbonyl (C=O) groups excluding carboxylic acids is 2. The molecule has 1 aromatic rings. The molecule has 1 N–H and O–H groups in total. The monoisotopic (exact) mass is 391 g/mol. The molecule has 1 aliphatic heterocycles. The van der Waals surface area contributed by atoms with Crippen LogP contribution in [0.25, 0.3) is 0 Å². The quantitative estimate of drug-likeness (QED) is 0.529. The number of fused-ring (bicyclic) bond motifs is 1. The van der Waals surface area contributed by atoms with Crippen LogP contribution >= 0.6 is 16.0 Å². The molecule has 1 unspecified atom stereocenters. The molecule has 0 fully saturated rings. The number of imide groups is 1. The van der Waals surface area contributed by atoms with E-state index in [0.717, 1.165) is 19.1 Å². The van der Waals surface area contributed by atoms with E-state index < -0.39 is 39.4 Å². The van der Waals surface area contributed by atoms with Crippen LogP contribution in [0.2, 0.25) is 0 Å². The minimum Gasteiger partial charge on any atom is -0.369 e. The van der Waals surface area contributed by atoms with Gasteiger partial charge in [0.1, 0.15) is 0 Å². The SMILES string of the molecule is COP(OC)C(O)(CN1C(=O)c2ccccc2C1=O)P(=O)(OC)OC. The van der Waals surface area contributed by atoms with Crippen molar-refractivity contribution >= 4 is 27.8 Å². The molecule has 1 heterocycles. The Morgan fingerprint density at radius 3 is 1.84 bits per heavy atom. The van der Waals surface area contributed by atoms with Crippen molar-refractivity contribution in [1.82, 2.24) is 4.90 Å². The van der Waals surface area contributed by atoms with Crippen molar-refractivity contribution in [2.45, 2.75) is 5.08 Å². The van der Waals surface area contributed by atoms with Gasteiger partial charge in [0.2, 0.25) is 8.38 Å². The molecule has 0 saturated carbocycles. The smallest absolute Gasteiger partial charge is 0.369 e. The van der Waals surface area contributed by atoms with Gasteiger partial charge in [0.25, 0.3) is 16.9 Å². The van der Waals surface area contributed by atoms with Crippen LogP contribution in [0.3, 0.4) is 0 Å². The minimum absolute atomic E-state index is 0.193. The Morgan fingerprint density at radius 1 is 1.04 bits per heavy atom. The first-order chi connectivity index (χ1) is 11.8. The highest BCUT2D eigenvalue weighted by molar-refractivity contribution is 7.71. The summed E-state index contributed by atoms with van der Waals surface area (Å²) < 4.78 is 32.9. The van der Waals surface area contributed by atoms with Gasteiger partial charge in [-0.25, -0.2) is 0 Å². The molecule has 0 saturated heterocycles. The van der Waals surface area contributed by atoms with Gasteiger partial charge >= 0.3 is 7.60 Å². The summed E-state index contributed by atoms with van der Waals surface area (Å²) in [6.45, 7) is -0.675. The molecular formula is C14H19NO8P2. The molecule has 1 aliphatic rings. The first kappa shape index (κ1) is 20.1. The van der Waals surface area contributed by atoms with Crippen molar-refractivity contribution in [2.24, 2.45) is 0 Å². The van der Waals surface area contributed by atoms with E-state index in [-0.39, 0.29) is 11.1 Å². The molecule has 25 heavy (non-hydrogen) atoms. The molecule has 2 rings (SSSR count). The number of hydrogen-bond acceptors (Lipinski definition) is 8. The van der Waals surface area contributed by atoms with E-state index >= 15 is 0 Å². The first-order valence-electron chi connectivity index (χ1n) is 7.07. The number of nitrogens with zero attached hydrogens (tertiary/aromatic N) is 1. The van der Waals surface area contributed by atoms with Crippen molar-refractivity contribution in [1.29, 1.82) is 0 Å². The third kappa shape index (κ3) is 3.17. The summed E-state index contributed by atoms with van der Waals surface area (Å²) >= 11 is 0. The fourth-order valence-electron chi connectivity index (χ4n) is 2.57. The summed E-state index contributed by atoms with van der Waals surface area (Å²) in [4.78, 5) is 25.9. The van der Waals surface area contributed by atoms with Crippen LogP contribution in [0.4, 0.5) is 0 Å². The second kappa shape index (κ2) is 7.60. The van der Waals surface area contributed by atoms with E-state index in [1.807, 2.05) is 0 Å². The van der Waals surface area contributed by atoms with Crippen molar-refractivity contribution in [2.75, 3.05) is 35.0 Å². The Hall–Kier alpha value is -1.18. The average molecular weight is 391 g/mol. The van der Waals surface area contributed by atoms with Crippen molar-refractivity contribution < 1.29 is 37.4 Å². The van der Waals surface area contributed by atoms with Crippen LogP contribution in [0, 0.1) is 0 Å². The first-order valence-corrected chi connectivity index (χ1v) is 9.79. The maximum absolute atomic E-state index is 12.9. The Labute approximate surface area is 146 Å². The lowest BCUT2D eigenvalue weighted by molar-refractivity contribution is 0.0506. The zero-order chi connectivity index (χ0) is 18.8. The predicted molar refractivity (Wildman–Crippen MR) is 89.3 cm³/mol. The lowest BCUT2D eigenvalue weighted by atomic mass is 10.1.